The molecule has 0 bridgehead atoms. The predicted octanol–water partition coefficient (Wildman–Crippen LogP) is 2.17. The fraction of sp³-hybridized carbons (Fsp3) is 0.538. The molecule has 1 unspecified atom stereocenters. The van der Waals surface area contributed by atoms with Crippen molar-refractivity contribution in [2.45, 2.75) is 30.2 Å². The molecule has 0 radical (unpaired) electrons. The Morgan fingerprint density at radius 1 is 1.55 bits per heavy atom. The fourth-order valence-corrected chi connectivity index (χ4v) is 3.12. The van der Waals surface area contributed by atoms with Crippen LogP contribution in [0.4, 0.5) is 11.4 Å². The number of nitrogens with zero attached hydrogens (tertiary/aromatic N) is 2. The highest BCUT2D eigenvalue weighted by Gasteiger charge is 2.27. The number of nitrogens with one attached hydrogen (secondary N) is 1. The fourth-order valence-electron chi connectivity index (χ4n) is 2.58. The van der Waals surface area contributed by atoms with Crippen LogP contribution < -0.4 is 9.62 Å². The number of aliphatic hydroxyl groups excluding tert-OH is 1. The molecule has 0 aliphatic carbocycles. The number of hydrogen-bond donors (Lipinski definition) is 2. The maximum atomic E-state index is 11.3. The monoisotopic (exact) mass is 297 g/mol. The average Bonchev–Trinajstić information content (AvgIpc) is 2.47. The molecule has 20 heavy (non-hydrogen) atoms. The Hall–Kier alpha value is -1.31. The molecule has 2 N–H and O–H groups in total. The van der Waals surface area contributed by atoms with E-state index >= 15 is 0 Å². The first-order chi connectivity index (χ1) is 9.67. The van der Waals surface area contributed by atoms with Crippen molar-refractivity contribution in [2.24, 2.45) is 0 Å². The van der Waals surface area contributed by atoms with Crippen molar-refractivity contribution in [1.29, 1.82) is 0 Å². The minimum absolute atomic E-state index is 0.0229. The maximum Gasteiger partial charge on any atom is 0.293 e. The standard InChI is InChI=1S/C13H19N3O3S/c1-14-20-11-5-6-12(13(8-11)16(18)19)15-7-3-2-4-10(15)9-17/h5-6,8,10,14,17H,2-4,7,9H2,1H3. The third-order valence-corrected chi connectivity index (χ3v) is 4.20. The molecular formula is C13H19N3O3S. The molecule has 1 aliphatic rings. The van der Waals surface area contributed by atoms with Crippen molar-refractivity contribution in [3.63, 3.8) is 0 Å². The van der Waals surface area contributed by atoms with E-state index in [1.54, 1.807) is 19.2 Å². The topological polar surface area (TPSA) is 78.6 Å². The van der Waals surface area contributed by atoms with E-state index < -0.39 is 0 Å². The molecular weight excluding hydrogens is 278 g/mol. The number of anilines is 1. The molecule has 0 spiro atoms. The zero-order valence-corrected chi connectivity index (χ0v) is 12.2. The van der Waals surface area contributed by atoms with E-state index in [9.17, 15) is 15.2 Å². The van der Waals surface area contributed by atoms with Gasteiger partial charge in [0.05, 0.1) is 17.6 Å². The summed E-state index contributed by atoms with van der Waals surface area (Å²) in [5.74, 6) is 0. The van der Waals surface area contributed by atoms with Crippen LogP contribution in [0.5, 0.6) is 0 Å². The number of benzene rings is 1. The van der Waals surface area contributed by atoms with Gasteiger partial charge in [-0.25, -0.2) is 0 Å². The highest BCUT2D eigenvalue weighted by atomic mass is 32.2. The molecule has 1 heterocycles. The third-order valence-electron chi connectivity index (χ3n) is 3.51. The molecule has 1 fully saturated rings. The third kappa shape index (κ3) is 3.23. The van der Waals surface area contributed by atoms with E-state index in [4.69, 9.17) is 0 Å². The Bertz CT molecular complexity index is 484. The van der Waals surface area contributed by atoms with Crippen molar-refractivity contribution in [3.05, 3.63) is 28.3 Å². The molecule has 6 nitrogen and oxygen atoms in total. The number of nitro benzene ring substituents is 1. The summed E-state index contributed by atoms with van der Waals surface area (Å²) < 4.78 is 2.91. The van der Waals surface area contributed by atoms with Gasteiger partial charge in [0, 0.05) is 17.5 Å². The number of aliphatic hydroxyl groups is 1. The summed E-state index contributed by atoms with van der Waals surface area (Å²) in [7, 11) is 1.77. The van der Waals surface area contributed by atoms with Crippen molar-refractivity contribution in [1.82, 2.24) is 4.72 Å². The SMILES string of the molecule is CNSc1ccc(N2CCCCC2CO)c([N+](=O)[O-])c1. The summed E-state index contributed by atoms with van der Waals surface area (Å²) in [5, 5.41) is 20.8. The molecule has 110 valence electrons. The number of hydrogen-bond acceptors (Lipinski definition) is 6. The second kappa shape index (κ2) is 6.92. The number of rotatable bonds is 5. The van der Waals surface area contributed by atoms with E-state index in [-0.39, 0.29) is 23.3 Å². The summed E-state index contributed by atoms with van der Waals surface area (Å²) in [6, 6.07) is 5.21. The van der Waals surface area contributed by atoms with Crippen LogP contribution in [0.25, 0.3) is 0 Å². The van der Waals surface area contributed by atoms with Gasteiger partial charge in [0.25, 0.3) is 5.69 Å². The zero-order valence-electron chi connectivity index (χ0n) is 11.4. The normalized spacial score (nSPS) is 19.1. The summed E-state index contributed by atoms with van der Waals surface area (Å²) in [5.41, 5.74) is 0.708. The smallest absolute Gasteiger partial charge is 0.293 e. The predicted molar refractivity (Wildman–Crippen MR) is 80.1 cm³/mol. The number of nitro groups is 1. The molecule has 0 saturated carbocycles. The van der Waals surface area contributed by atoms with Gasteiger partial charge in [-0.15, -0.1) is 0 Å². The van der Waals surface area contributed by atoms with Crippen molar-refractivity contribution >= 4 is 23.3 Å². The van der Waals surface area contributed by atoms with Gasteiger partial charge in [0.2, 0.25) is 0 Å². The molecule has 1 aliphatic heterocycles. The van der Waals surface area contributed by atoms with Gasteiger partial charge >= 0.3 is 0 Å². The van der Waals surface area contributed by atoms with Gasteiger partial charge in [-0.1, -0.05) is 0 Å². The van der Waals surface area contributed by atoms with Gasteiger partial charge in [-0.3, -0.25) is 14.8 Å². The highest BCUT2D eigenvalue weighted by molar-refractivity contribution is 7.97. The van der Waals surface area contributed by atoms with Crippen LogP contribution in [-0.4, -0.2) is 36.3 Å². The summed E-state index contributed by atoms with van der Waals surface area (Å²) in [6.07, 6.45) is 2.94. The minimum atomic E-state index is -0.349. The van der Waals surface area contributed by atoms with Crippen LogP contribution in [0.15, 0.2) is 23.1 Å². The second-order valence-electron chi connectivity index (χ2n) is 4.74. The van der Waals surface area contributed by atoms with Crippen LogP contribution in [0, 0.1) is 10.1 Å². The Morgan fingerprint density at radius 3 is 3.00 bits per heavy atom. The Labute approximate surface area is 122 Å². The summed E-state index contributed by atoms with van der Waals surface area (Å²) in [4.78, 5) is 13.7. The lowest BCUT2D eigenvalue weighted by Crippen LogP contribution is -2.42. The van der Waals surface area contributed by atoms with Crippen molar-refractivity contribution < 1.29 is 10.0 Å². The molecule has 2 rings (SSSR count). The van der Waals surface area contributed by atoms with Crippen molar-refractivity contribution in [3.8, 4) is 0 Å². The molecule has 0 aromatic heterocycles. The first-order valence-electron chi connectivity index (χ1n) is 6.67. The molecule has 0 amide bonds. The van der Waals surface area contributed by atoms with Gasteiger partial charge in [-0.2, -0.15) is 0 Å². The molecule has 7 heteroatoms. The average molecular weight is 297 g/mol. The van der Waals surface area contributed by atoms with E-state index in [0.717, 1.165) is 30.7 Å². The lowest BCUT2D eigenvalue weighted by molar-refractivity contribution is -0.384. The lowest BCUT2D eigenvalue weighted by atomic mass is 10.0. The Kier molecular flexibility index (Phi) is 5.22. The maximum absolute atomic E-state index is 11.3. The van der Waals surface area contributed by atoms with Crippen LogP contribution in [-0.2, 0) is 0 Å². The second-order valence-corrected chi connectivity index (χ2v) is 5.82. The van der Waals surface area contributed by atoms with Gasteiger partial charge in [0.15, 0.2) is 0 Å². The first kappa shape index (κ1) is 15.1. The van der Waals surface area contributed by atoms with E-state index in [1.165, 1.54) is 11.9 Å². The quantitative estimate of drug-likeness (QED) is 0.493. The molecule has 1 aromatic carbocycles. The highest BCUT2D eigenvalue weighted by Crippen LogP contribution is 2.35. The Balaban J connectivity index is 2.36. The van der Waals surface area contributed by atoms with Gasteiger partial charge < -0.3 is 10.0 Å². The lowest BCUT2D eigenvalue weighted by Gasteiger charge is -2.36. The van der Waals surface area contributed by atoms with Crippen LogP contribution in [0.3, 0.4) is 0 Å². The first-order valence-corrected chi connectivity index (χ1v) is 7.48. The van der Waals surface area contributed by atoms with Crippen molar-refractivity contribution in [2.75, 3.05) is 25.1 Å². The number of piperidine rings is 1. The van der Waals surface area contributed by atoms with E-state index in [0.29, 0.717) is 5.69 Å². The largest absolute Gasteiger partial charge is 0.394 e. The molecule has 1 saturated heterocycles. The van der Waals surface area contributed by atoms with Gasteiger partial charge in [-0.05, 0) is 50.4 Å². The summed E-state index contributed by atoms with van der Waals surface area (Å²) in [6.45, 7) is 0.786. The van der Waals surface area contributed by atoms with E-state index in [2.05, 4.69) is 4.72 Å². The molecule has 1 aromatic rings. The molecule has 1 atom stereocenters. The zero-order chi connectivity index (χ0) is 14.5. The van der Waals surface area contributed by atoms with Crippen LogP contribution >= 0.6 is 11.9 Å². The Morgan fingerprint density at radius 2 is 2.35 bits per heavy atom. The van der Waals surface area contributed by atoms with Gasteiger partial charge in [0.1, 0.15) is 5.69 Å². The van der Waals surface area contributed by atoms with E-state index in [1.807, 2.05) is 11.0 Å². The summed E-state index contributed by atoms with van der Waals surface area (Å²) >= 11 is 1.35. The van der Waals surface area contributed by atoms with Crippen LogP contribution in [0.2, 0.25) is 0 Å². The minimum Gasteiger partial charge on any atom is -0.394 e. The van der Waals surface area contributed by atoms with Crippen LogP contribution in [0.1, 0.15) is 19.3 Å².